The van der Waals surface area contributed by atoms with Crippen LogP contribution in [0.3, 0.4) is 0 Å². The number of halogens is 1. The molecule has 0 atom stereocenters. The smallest absolute Gasteiger partial charge is 0.225 e. The van der Waals surface area contributed by atoms with Crippen LogP contribution in [-0.4, -0.2) is 10.9 Å². The highest BCUT2D eigenvalue weighted by molar-refractivity contribution is 6.30. The third kappa shape index (κ3) is 6.27. The zero-order valence-corrected chi connectivity index (χ0v) is 11.0. The van der Waals surface area contributed by atoms with Gasteiger partial charge in [-0.3, -0.25) is 4.79 Å². The molecule has 1 N–H and O–H groups in total. The van der Waals surface area contributed by atoms with Gasteiger partial charge in [0.25, 0.3) is 0 Å². The molecule has 3 nitrogen and oxygen atoms in total. The van der Waals surface area contributed by atoms with Gasteiger partial charge in [-0.1, -0.05) is 44.2 Å². The second-order valence-electron chi connectivity index (χ2n) is 4.07. The van der Waals surface area contributed by atoms with Crippen molar-refractivity contribution in [1.29, 1.82) is 0 Å². The first kappa shape index (κ1) is 14.0. The highest BCUT2D eigenvalue weighted by atomic mass is 35.5. The van der Waals surface area contributed by atoms with E-state index in [1.54, 1.807) is 18.3 Å². The summed E-state index contributed by atoms with van der Waals surface area (Å²) in [5.74, 6) is 0.535. The van der Waals surface area contributed by atoms with Crippen molar-refractivity contribution in [3.63, 3.8) is 0 Å². The monoisotopic (exact) mass is 254 g/mol. The van der Waals surface area contributed by atoms with Crippen LogP contribution in [0.2, 0.25) is 5.02 Å². The number of anilines is 1. The lowest BCUT2D eigenvalue weighted by Crippen LogP contribution is -2.12. The van der Waals surface area contributed by atoms with Gasteiger partial charge in [0.1, 0.15) is 5.82 Å². The van der Waals surface area contributed by atoms with Crippen molar-refractivity contribution in [1.82, 2.24) is 4.98 Å². The van der Waals surface area contributed by atoms with Crippen molar-refractivity contribution in [2.75, 3.05) is 5.32 Å². The highest BCUT2D eigenvalue weighted by Gasteiger charge is 2.03. The summed E-state index contributed by atoms with van der Waals surface area (Å²) in [7, 11) is 0. The molecule has 0 aliphatic heterocycles. The van der Waals surface area contributed by atoms with Gasteiger partial charge in [0.2, 0.25) is 5.91 Å². The molecule has 4 heteroatoms. The minimum atomic E-state index is 0.0104. The lowest BCUT2D eigenvalue weighted by molar-refractivity contribution is -0.116. The van der Waals surface area contributed by atoms with E-state index < -0.39 is 0 Å². The van der Waals surface area contributed by atoms with Crippen molar-refractivity contribution < 1.29 is 4.79 Å². The molecule has 17 heavy (non-hydrogen) atoms. The Balaban J connectivity index is 2.21. The Bertz CT molecular complexity index is 355. The Hall–Kier alpha value is -1.09. The van der Waals surface area contributed by atoms with Crippen LogP contribution in [0.5, 0.6) is 0 Å². The number of nitrogens with one attached hydrogen (secondary N) is 1. The van der Waals surface area contributed by atoms with Crippen LogP contribution in [0, 0.1) is 0 Å². The van der Waals surface area contributed by atoms with Gasteiger partial charge in [0, 0.05) is 17.6 Å². The molecule has 0 aromatic carbocycles. The van der Waals surface area contributed by atoms with E-state index in [1.165, 1.54) is 19.3 Å². The number of carbonyl (C=O) groups excluding carboxylic acids is 1. The molecule has 0 aliphatic rings. The summed E-state index contributed by atoms with van der Waals surface area (Å²) >= 11 is 5.80. The van der Waals surface area contributed by atoms with Crippen LogP contribution in [0.15, 0.2) is 18.3 Å². The molecule has 1 heterocycles. The quantitative estimate of drug-likeness (QED) is 0.747. The molecule has 0 fully saturated rings. The van der Waals surface area contributed by atoms with Crippen molar-refractivity contribution in [3.8, 4) is 0 Å². The zero-order chi connectivity index (χ0) is 12.5. The molecule has 0 spiro atoms. The van der Waals surface area contributed by atoms with Gasteiger partial charge in [-0.15, -0.1) is 0 Å². The minimum Gasteiger partial charge on any atom is -0.311 e. The van der Waals surface area contributed by atoms with E-state index in [0.717, 1.165) is 12.8 Å². The standard InChI is InChI=1S/C13H19ClN2O/c1-2-3-4-5-6-7-13(17)16-12-10-11(14)8-9-15-12/h8-10H,2-7H2,1H3,(H,15,16,17). The van der Waals surface area contributed by atoms with Crippen molar-refractivity contribution >= 4 is 23.3 Å². The van der Waals surface area contributed by atoms with E-state index in [9.17, 15) is 4.79 Å². The molecule has 94 valence electrons. The second kappa shape index (κ2) is 8.07. The molecule has 0 aliphatic carbocycles. The molecule has 0 bridgehead atoms. The number of aromatic nitrogens is 1. The first-order chi connectivity index (χ1) is 8.22. The summed E-state index contributed by atoms with van der Waals surface area (Å²) in [6.07, 6.45) is 7.86. The van der Waals surface area contributed by atoms with E-state index in [0.29, 0.717) is 17.3 Å². The van der Waals surface area contributed by atoms with Crippen molar-refractivity contribution in [2.24, 2.45) is 0 Å². The topological polar surface area (TPSA) is 42.0 Å². The van der Waals surface area contributed by atoms with E-state index in [-0.39, 0.29) is 5.91 Å². The maximum absolute atomic E-state index is 11.6. The largest absolute Gasteiger partial charge is 0.311 e. The second-order valence-corrected chi connectivity index (χ2v) is 4.51. The lowest BCUT2D eigenvalue weighted by atomic mass is 10.1. The fourth-order valence-electron chi connectivity index (χ4n) is 1.57. The summed E-state index contributed by atoms with van der Waals surface area (Å²) in [4.78, 5) is 15.6. The number of unbranched alkanes of at least 4 members (excludes halogenated alkanes) is 4. The third-order valence-corrected chi connectivity index (χ3v) is 2.73. The summed E-state index contributed by atoms with van der Waals surface area (Å²) in [5, 5.41) is 3.32. The number of pyridine rings is 1. The third-order valence-electron chi connectivity index (χ3n) is 2.50. The fraction of sp³-hybridized carbons (Fsp3) is 0.538. The predicted molar refractivity (Wildman–Crippen MR) is 71.3 cm³/mol. The predicted octanol–water partition coefficient (Wildman–Crippen LogP) is 4.03. The van der Waals surface area contributed by atoms with Crippen LogP contribution in [0.25, 0.3) is 0 Å². The maximum Gasteiger partial charge on any atom is 0.225 e. The first-order valence-electron chi connectivity index (χ1n) is 6.13. The average Bonchev–Trinajstić information content (AvgIpc) is 2.29. The van der Waals surface area contributed by atoms with Gasteiger partial charge in [-0.2, -0.15) is 0 Å². The molecule has 0 saturated carbocycles. The molecule has 0 unspecified atom stereocenters. The van der Waals surface area contributed by atoms with E-state index in [2.05, 4.69) is 17.2 Å². The summed E-state index contributed by atoms with van der Waals surface area (Å²) < 4.78 is 0. The fourth-order valence-corrected chi connectivity index (χ4v) is 1.73. The normalized spacial score (nSPS) is 10.2. The molecular formula is C13H19ClN2O. The molecule has 1 amide bonds. The molecule has 1 aromatic heterocycles. The first-order valence-corrected chi connectivity index (χ1v) is 6.51. The number of nitrogens with zero attached hydrogens (tertiary/aromatic N) is 1. The molecule has 1 rings (SSSR count). The van der Waals surface area contributed by atoms with Crippen LogP contribution in [0.1, 0.15) is 45.4 Å². The molecular weight excluding hydrogens is 236 g/mol. The number of hydrogen-bond donors (Lipinski definition) is 1. The SMILES string of the molecule is CCCCCCCC(=O)Nc1cc(Cl)ccn1. The van der Waals surface area contributed by atoms with E-state index in [4.69, 9.17) is 11.6 Å². The highest BCUT2D eigenvalue weighted by Crippen LogP contribution is 2.12. The number of rotatable bonds is 7. The Morgan fingerprint density at radius 1 is 1.35 bits per heavy atom. The van der Waals surface area contributed by atoms with Crippen molar-refractivity contribution in [2.45, 2.75) is 45.4 Å². The van der Waals surface area contributed by atoms with E-state index in [1.807, 2.05) is 0 Å². The van der Waals surface area contributed by atoms with Gasteiger partial charge < -0.3 is 5.32 Å². The summed E-state index contributed by atoms with van der Waals surface area (Å²) in [6.45, 7) is 2.18. The van der Waals surface area contributed by atoms with Gasteiger partial charge in [0.15, 0.2) is 0 Å². The zero-order valence-electron chi connectivity index (χ0n) is 10.2. The maximum atomic E-state index is 11.6. The minimum absolute atomic E-state index is 0.0104. The van der Waals surface area contributed by atoms with Gasteiger partial charge in [-0.05, 0) is 18.6 Å². The summed E-state index contributed by atoms with van der Waals surface area (Å²) in [5.41, 5.74) is 0. The molecule has 0 radical (unpaired) electrons. The lowest BCUT2D eigenvalue weighted by Gasteiger charge is -2.04. The molecule has 0 saturated heterocycles. The van der Waals surface area contributed by atoms with Crippen LogP contribution >= 0.6 is 11.6 Å². The Kier molecular flexibility index (Phi) is 6.63. The number of amides is 1. The van der Waals surface area contributed by atoms with Gasteiger partial charge >= 0.3 is 0 Å². The van der Waals surface area contributed by atoms with Gasteiger partial charge in [-0.25, -0.2) is 4.98 Å². The Labute approximate surface area is 108 Å². The van der Waals surface area contributed by atoms with Crippen LogP contribution < -0.4 is 5.32 Å². The average molecular weight is 255 g/mol. The number of hydrogen-bond acceptors (Lipinski definition) is 2. The molecule has 1 aromatic rings. The Morgan fingerprint density at radius 3 is 2.82 bits per heavy atom. The van der Waals surface area contributed by atoms with E-state index >= 15 is 0 Å². The Morgan fingerprint density at radius 2 is 2.12 bits per heavy atom. The van der Waals surface area contributed by atoms with Gasteiger partial charge in [0.05, 0.1) is 0 Å². The van der Waals surface area contributed by atoms with Crippen LogP contribution in [-0.2, 0) is 4.79 Å². The van der Waals surface area contributed by atoms with Crippen LogP contribution in [0.4, 0.5) is 5.82 Å². The summed E-state index contributed by atoms with van der Waals surface area (Å²) in [6, 6.07) is 3.33. The van der Waals surface area contributed by atoms with Crippen molar-refractivity contribution in [3.05, 3.63) is 23.4 Å². The number of carbonyl (C=O) groups is 1.